The first-order chi connectivity index (χ1) is 13.8. The van der Waals surface area contributed by atoms with E-state index in [0.717, 1.165) is 5.56 Å². The molecule has 9 heteroatoms. The maximum atomic E-state index is 12.8. The lowest BCUT2D eigenvalue weighted by Gasteiger charge is -2.35. The van der Waals surface area contributed by atoms with Crippen molar-refractivity contribution in [3.05, 3.63) is 64.1 Å². The van der Waals surface area contributed by atoms with E-state index >= 15 is 0 Å². The number of hydrogen-bond donors (Lipinski definition) is 0. The Kier molecular flexibility index (Phi) is 7.19. The second-order valence-electron chi connectivity index (χ2n) is 7.02. The monoisotopic (exact) mass is 455 g/mol. The minimum Gasteiger partial charge on any atom is -0.339 e. The first kappa shape index (κ1) is 22.1. The summed E-state index contributed by atoms with van der Waals surface area (Å²) in [6, 6.07) is 13.9. The smallest absolute Gasteiger partial charge is 0.244 e. The molecule has 0 saturated carbocycles. The number of benzene rings is 2. The minimum absolute atomic E-state index is 0.0238. The Morgan fingerprint density at radius 1 is 1.03 bits per heavy atom. The topological polar surface area (TPSA) is 60.9 Å². The van der Waals surface area contributed by atoms with Gasteiger partial charge in [-0.25, -0.2) is 8.42 Å². The van der Waals surface area contributed by atoms with Crippen LogP contribution in [0.25, 0.3) is 0 Å². The number of rotatable bonds is 6. The lowest BCUT2D eigenvalue weighted by Crippen LogP contribution is -2.52. The maximum absolute atomic E-state index is 12.8. The zero-order chi connectivity index (χ0) is 21.0. The number of halogens is 2. The molecule has 0 atom stereocenters. The fourth-order valence-corrected chi connectivity index (χ4v) is 5.43. The summed E-state index contributed by atoms with van der Waals surface area (Å²) < 4.78 is 27.0. The number of hydrogen-bond acceptors (Lipinski definition) is 4. The standard InChI is InChI=1S/C20H23Cl2N3O3S/c1-23(14-16-5-4-6-17(21)13-16)15-20(26)24-9-11-25(12-10-24)29(27,28)19-8-3-2-7-18(19)22/h2-8,13H,9-12,14-15H2,1H3. The highest BCUT2D eigenvalue weighted by Gasteiger charge is 2.31. The largest absolute Gasteiger partial charge is 0.339 e. The Morgan fingerprint density at radius 2 is 1.72 bits per heavy atom. The van der Waals surface area contributed by atoms with Gasteiger partial charge in [-0.3, -0.25) is 9.69 Å². The molecule has 1 heterocycles. The van der Waals surface area contributed by atoms with Crippen molar-refractivity contribution < 1.29 is 13.2 Å². The summed E-state index contributed by atoms with van der Waals surface area (Å²) in [5.41, 5.74) is 1.03. The van der Waals surface area contributed by atoms with Gasteiger partial charge in [-0.1, -0.05) is 47.5 Å². The molecule has 6 nitrogen and oxygen atoms in total. The van der Waals surface area contributed by atoms with Crippen LogP contribution in [-0.2, 0) is 21.4 Å². The lowest BCUT2D eigenvalue weighted by molar-refractivity contribution is -0.133. The van der Waals surface area contributed by atoms with Gasteiger partial charge in [-0.15, -0.1) is 0 Å². The van der Waals surface area contributed by atoms with E-state index in [-0.39, 0.29) is 35.5 Å². The molecule has 2 aromatic rings. The summed E-state index contributed by atoms with van der Waals surface area (Å²) in [5.74, 6) is -0.0238. The molecule has 1 aliphatic heterocycles. The first-order valence-electron chi connectivity index (χ1n) is 9.23. The van der Waals surface area contributed by atoms with Crippen molar-refractivity contribution in [2.45, 2.75) is 11.4 Å². The molecule has 3 rings (SSSR count). The van der Waals surface area contributed by atoms with Crippen molar-refractivity contribution in [1.82, 2.24) is 14.1 Å². The van der Waals surface area contributed by atoms with E-state index in [1.165, 1.54) is 10.4 Å². The molecule has 0 aliphatic carbocycles. The van der Waals surface area contributed by atoms with Crippen molar-refractivity contribution in [3.63, 3.8) is 0 Å². The summed E-state index contributed by atoms with van der Waals surface area (Å²) in [7, 11) is -1.80. The van der Waals surface area contributed by atoms with Crippen LogP contribution in [0.2, 0.25) is 10.0 Å². The Hall–Kier alpha value is -1.64. The van der Waals surface area contributed by atoms with Gasteiger partial charge < -0.3 is 4.90 Å². The van der Waals surface area contributed by atoms with Gasteiger partial charge >= 0.3 is 0 Å². The third-order valence-corrected chi connectivity index (χ3v) is 7.43. The SMILES string of the molecule is CN(CC(=O)N1CCN(S(=O)(=O)c2ccccc2Cl)CC1)Cc1cccc(Cl)c1. The fraction of sp³-hybridized carbons (Fsp3) is 0.350. The Labute approximate surface area is 181 Å². The Balaban J connectivity index is 1.55. The molecule has 156 valence electrons. The minimum atomic E-state index is -3.67. The van der Waals surface area contributed by atoms with E-state index in [0.29, 0.717) is 24.7 Å². The lowest BCUT2D eigenvalue weighted by atomic mass is 10.2. The molecule has 0 unspecified atom stereocenters. The average Bonchev–Trinajstić information content (AvgIpc) is 2.68. The van der Waals surface area contributed by atoms with E-state index < -0.39 is 10.0 Å². The van der Waals surface area contributed by atoms with Crippen molar-refractivity contribution in [2.75, 3.05) is 39.8 Å². The Bertz CT molecular complexity index is 976. The number of carbonyl (C=O) groups is 1. The molecule has 1 fully saturated rings. The second-order valence-corrected chi connectivity index (χ2v) is 9.77. The van der Waals surface area contributed by atoms with Gasteiger partial charge in [0.1, 0.15) is 4.90 Å². The van der Waals surface area contributed by atoms with E-state index in [1.807, 2.05) is 36.2 Å². The summed E-state index contributed by atoms with van der Waals surface area (Å²) in [5, 5.41) is 0.867. The number of nitrogens with zero attached hydrogens (tertiary/aromatic N) is 3. The predicted molar refractivity (Wildman–Crippen MR) is 115 cm³/mol. The highest BCUT2D eigenvalue weighted by Crippen LogP contribution is 2.25. The normalized spacial score (nSPS) is 15.7. The number of carbonyl (C=O) groups excluding carboxylic acids is 1. The van der Waals surface area contributed by atoms with Gasteiger partial charge in [0.25, 0.3) is 0 Å². The van der Waals surface area contributed by atoms with E-state index in [1.54, 1.807) is 23.1 Å². The second kappa shape index (κ2) is 9.45. The van der Waals surface area contributed by atoms with Crippen LogP contribution in [0.15, 0.2) is 53.4 Å². The summed E-state index contributed by atoms with van der Waals surface area (Å²) in [6.07, 6.45) is 0. The van der Waals surface area contributed by atoms with Crippen LogP contribution >= 0.6 is 23.2 Å². The average molecular weight is 456 g/mol. The van der Waals surface area contributed by atoms with Crippen molar-refractivity contribution in [1.29, 1.82) is 0 Å². The molecule has 2 aromatic carbocycles. The predicted octanol–water partition coefficient (Wildman–Crippen LogP) is 2.96. The quantitative estimate of drug-likeness (QED) is 0.671. The van der Waals surface area contributed by atoms with Gasteiger partial charge in [-0.05, 0) is 36.9 Å². The van der Waals surface area contributed by atoms with Crippen LogP contribution < -0.4 is 0 Å². The molecule has 0 N–H and O–H groups in total. The maximum Gasteiger partial charge on any atom is 0.244 e. The van der Waals surface area contributed by atoms with E-state index in [4.69, 9.17) is 23.2 Å². The van der Waals surface area contributed by atoms with E-state index in [9.17, 15) is 13.2 Å². The van der Waals surface area contributed by atoms with Gasteiger partial charge in [0, 0.05) is 37.7 Å². The molecule has 0 bridgehead atoms. The van der Waals surface area contributed by atoms with Gasteiger partial charge in [0.15, 0.2) is 0 Å². The van der Waals surface area contributed by atoms with Crippen molar-refractivity contribution >= 4 is 39.1 Å². The fourth-order valence-electron chi connectivity index (χ4n) is 3.30. The molecule has 1 saturated heterocycles. The summed E-state index contributed by atoms with van der Waals surface area (Å²) in [4.78, 5) is 16.3. The van der Waals surface area contributed by atoms with Crippen LogP contribution in [0.5, 0.6) is 0 Å². The molecule has 0 radical (unpaired) electrons. The highest BCUT2D eigenvalue weighted by molar-refractivity contribution is 7.89. The van der Waals surface area contributed by atoms with Gasteiger partial charge in [0.2, 0.25) is 15.9 Å². The van der Waals surface area contributed by atoms with Crippen LogP contribution in [-0.4, -0.2) is 68.2 Å². The van der Waals surface area contributed by atoms with Crippen LogP contribution in [0.4, 0.5) is 0 Å². The van der Waals surface area contributed by atoms with Crippen molar-refractivity contribution in [3.8, 4) is 0 Å². The van der Waals surface area contributed by atoms with Crippen LogP contribution in [0.3, 0.4) is 0 Å². The van der Waals surface area contributed by atoms with Crippen molar-refractivity contribution in [2.24, 2.45) is 0 Å². The summed E-state index contributed by atoms with van der Waals surface area (Å²) in [6.45, 7) is 2.06. The van der Waals surface area contributed by atoms with Crippen LogP contribution in [0, 0.1) is 0 Å². The van der Waals surface area contributed by atoms with Crippen LogP contribution in [0.1, 0.15) is 5.56 Å². The number of amides is 1. The van der Waals surface area contributed by atoms with Gasteiger partial charge in [0.05, 0.1) is 11.6 Å². The van der Waals surface area contributed by atoms with Gasteiger partial charge in [-0.2, -0.15) is 4.31 Å². The number of likely N-dealkylation sites (N-methyl/N-ethyl adjacent to an activating group) is 1. The highest BCUT2D eigenvalue weighted by atomic mass is 35.5. The zero-order valence-electron chi connectivity index (χ0n) is 16.1. The summed E-state index contributed by atoms with van der Waals surface area (Å²) >= 11 is 12.1. The molecule has 29 heavy (non-hydrogen) atoms. The zero-order valence-corrected chi connectivity index (χ0v) is 18.4. The number of sulfonamides is 1. The molecule has 1 aliphatic rings. The molecule has 1 amide bonds. The molecular formula is C20H23Cl2N3O3S. The van der Waals surface area contributed by atoms with E-state index in [2.05, 4.69) is 0 Å². The number of piperazine rings is 1. The molecular weight excluding hydrogens is 433 g/mol. The first-order valence-corrected chi connectivity index (χ1v) is 11.4. The molecule has 0 aromatic heterocycles. The molecule has 0 spiro atoms. The third-order valence-electron chi connectivity index (χ3n) is 4.79. The Morgan fingerprint density at radius 3 is 2.38 bits per heavy atom. The third kappa shape index (κ3) is 5.49.